The third-order valence-electron chi connectivity index (χ3n) is 2.33. The zero-order chi connectivity index (χ0) is 12.8. The molecular formula is C12H13N5S. The van der Waals surface area contributed by atoms with Gasteiger partial charge in [0, 0.05) is 37.9 Å². The monoisotopic (exact) mass is 259 g/mol. The molecule has 5 nitrogen and oxygen atoms in total. The Kier molecular flexibility index (Phi) is 4.20. The van der Waals surface area contributed by atoms with E-state index in [1.165, 1.54) is 0 Å². The fourth-order valence-corrected chi connectivity index (χ4v) is 2.23. The summed E-state index contributed by atoms with van der Waals surface area (Å²) < 4.78 is 1.98. The molecule has 0 atom stereocenters. The molecule has 0 saturated heterocycles. The number of aryl methyl sites for hydroxylation is 1. The molecule has 0 saturated carbocycles. The van der Waals surface area contributed by atoms with Crippen LogP contribution in [0.3, 0.4) is 0 Å². The lowest BCUT2D eigenvalue weighted by molar-refractivity contribution is 0.790. The second-order valence-corrected chi connectivity index (χ2v) is 4.67. The minimum atomic E-state index is 0.569. The number of pyridine rings is 1. The Morgan fingerprint density at radius 2 is 2.33 bits per heavy atom. The molecule has 0 unspecified atom stereocenters. The van der Waals surface area contributed by atoms with Crippen molar-refractivity contribution in [2.75, 3.05) is 17.6 Å². The number of aromatic nitrogens is 3. The van der Waals surface area contributed by atoms with Gasteiger partial charge in [-0.3, -0.25) is 0 Å². The Labute approximate surface area is 110 Å². The van der Waals surface area contributed by atoms with Gasteiger partial charge in [0.05, 0.1) is 5.56 Å². The van der Waals surface area contributed by atoms with Crippen molar-refractivity contribution in [1.82, 2.24) is 14.5 Å². The maximum atomic E-state index is 8.91. The van der Waals surface area contributed by atoms with Gasteiger partial charge >= 0.3 is 0 Å². The van der Waals surface area contributed by atoms with E-state index in [4.69, 9.17) is 5.26 Å². The van der Waals surface area contributed by atoms with Gasteiger partial charge in [0.1, 0.15) is 11.9 Å². The molecule has 6 heteroatoms. The van der Waals surface area contributed by atoms with Crippen LogP contribution < -0.4 is 5.32 Å². The van der Waals surface area contributed by atoms with E-state index in [1.54, 1.807) is 36.3 Å². The van der Waals surface area contributed by atoms with E-state index in [-0.39, 0.29) is 0 Å². The predicted molar refractivity (Wildman–Crippen MR) is 71.4 cm³/mol. The summed E-state index contributed by atoms with van der Waals surface area (Å²) in [5, 5.41) is 13.1. The number of rotatable bonds is 5. The van der Waals surface area contributed by atoms with Crippen LogP contribution in [-0.2, 0) is 7.05 Å². The first-order valence-corrected chi connectivity index (χ1v) is 6.49. The summed E-state index contributed by atoms with van der Waals surface area (Å²) in [7, 11) is 1.97. The quantitative estimate of drug-likeness (QED) is 0.656. The van der Waals surface area contributed by atoms with E-state index >= 15 is 0 Å². The first-order valence-electron chi connectivity index (χ1n) is 5.50. The fraction of sp³-hybridized carbons (Fsp3) is 0.250. The van der Waals surface area contributed by atoms with Gasteiger partial charge in [0.2, 0.25) is 0 Å². The molecule has 2 aromatic rings. The predicted octanol–water partition coefficient (Wildman–Crippen LogP) is 1.89. The Morgan fingerprint density at radius 1 is 1.44 bits per heavy atom. The highest BCUT2D eigenvalue weighted by Gasteiger charge is 2.02. The van der Waals surface area contributed by atoms with E-state index in [0.717, 1.165) is 17.5 Å². The van der Waals surface area contributed by atoms with Crippen LogP contribution in [0.4, 0.5) is 5.82 Å². The summed E-state index contributed by atoms with van der Waals surface area (Å²) in [4.78, 5) is 8.36. The zero-order valence-electron chi connectivity index (χ0n) is 10.00. The molecule has 0 aliphatic carbocycles. The summed E-state index contributed by atoms with van der Waals surface area (Å²) in [6.45, 7) is 0.739. The van der Waals surface area contributed by atoms with Crippen molar-refractivity contribution >= 4 is 17.6 Å². The molecule has 0 aliphatic heterocycles. The summed E-state index contributed by atoms with van der Waals surface area (Å²) in [5.41, 5.74) is 0.569. The van der Waals surface area contributed by atoms with Gasteiger partial charge in [-0.2, -0.15) is 5.26 Å². The number of thioether (sulfide) groups is 1. The molecule has 92 valence electrons. The molecule has 1 N–H and O–H groups in total. The highest BCUT2D eigenvalue weighted by atomic mass is 32.2. The summed E-state index contributed by atoms with van der Waals surface area (Å²) in [5.74, 6) is 1.51. The van der Waals surface area contributed by atoms with Gasteiger partial charge in [-0.25, -0.2) is 9.97 Å². The summed E-state index contributed by atoms with van der Waals surface area (Å²) >= 11 is 1.67. The Hall–Kier alpha value is -2.00. The average Bonchev–Trinajstić information content (AvgIpc) is 2.81. The van der Waals surface area contributed by atoms with E-state index in [0.29, 0.717) is 11.4 Å². The maximum Gasteiger partial charge on any atom is 0.167 e. The van der Waals surface area contributed by atoms with Crippen LogP contribution in [0.15, 0.2) is 35.9 Å². The molecule has 0 bridgehead atoms. The standard InChI is InChI=1S/C12H13N5S/c1-17-7-5-16-12(17)18-8-6-15-11-10(9-13)3-2-4-14-11/h2-5,7H,6,8H2,1H3,(H,14,15). The highest BCUT2D eigenvalue weighted by molar-refractivity contribution is 7.99. The lowest BCUT2D eigenvalue weighted by atomic mass is 10.3. The number of hydrogen-bond acceptors (Lipinski definition) is 5. The lowest BCUT2D eigenvalue weighted by Crippen LogP contribution is -2.07. The first-order chi connectivity index (χ1) is 8.81. The highest BCUT2D eigenvalue weighted by Crippen LogP contribution is 2.14. The van der Waals surface area contributed by atoms with Crippen molar-refractivity contribution in [2.24, 2.45) is 7.05 Å². The van der Waals surface area contributed by atoms with E-state index in [2.05, 4.69) is 21.4 Å². The van der Waals surface area contributed by atoms with Crippen molar-refractivity contribution in [3.8, 4) is 6.07 Å². The van der Waals surface area contributed by atoms with Crippen LogP contribution in [0.25, 0.3) is 0 Å². The van der Waals surface area contributed by atoms with E-state index in [9.17, 15) is 0 Å². The maximum absolute atomic E-state index is 8.91. The van der Waals surface area contributed by atoms with Gasteiger partial charge in [0.15, 0.2) is 5.16 Å². The molecule has 2 heterocycles. The second-order valence-electron chi connectivity index (χ2n) is 3.61. The molecule has 18 heavy (non-hydrogen) atoms. The van der Waals surface area contributed by atoms with Gasteiger partial charge < -0.3 is 9.88 Å². The number of imidazole rings is 1. The van der Waals surface area contributed by atoms with Gasteiger partial charge in [-0.1, -0.05) is 11.8 Å². The van der Waals surface area contributed by atoms with Gasteiger partial charge in [0.25, 0.3) is 0 Å². The molecule has 0 spiro atoms. The zero-order valence-corrected chi connectivity index (χ0v) is 10.8. The van der Waals surface area contributed by atoms with Crippen LogP contribution >= 0.6 is 11.8 Å². The van der Waals surface area contributed by atoms with Crippen LogP contribution in [0.1, 0.15) is 5.56 Å². The van der Waals surface area contributed by atoms with Crippen LogP contribution in [0.5, 0.6) is 0 Å². The Morgan fingerprint density at radius 3 is 3.06 bits per heavy atom. The number of nitrogens with zero attached hydrogens (tertiary/aromatic N) is 4. The number of nitriles is 1. The largest absolute Gasteiger partial charge is 0.368 e. The van der Waals surface area contributed by atoms with Crippen LogP contribution in [0.2, 0.25) is 0 Å². The second kappa shape index (κ2) is 6.07. The first kappa shape index (κ1) is 12.5. The number of anilines is 1. The van der Waals surface area contributed by atoms with Crippen molar-refractivity contribution in [3.63, 3.8) is 0 Å². The van der Waals surface area contributed by atoms with Crippen LogP contribution in [0, 0.1) is 11.3 Å². The smallest absolute Gasteiger partial charge is 0.167 e. The Balaban J connectivity index is 1.82. The summed E-state index contributed by atoms with van der Waals surface area (Å²) in [6.07, 6.45) is 5.37. The van der Waals surface area contributed by atoms with E-state index < -0.39 is 0 Å². The minimum Gasteiger partial charge on any atom is -0.368 e. The van der Waals surface area contributed by atoms with Crippen LogP contribution in [-0.4, -0.2) is 26.8 Å². The van der Waals surface area contributed by atoms with Crippen molar-refractivity contribution in [2.45, 2.75) is 5.16 Å². The average molecular weight is 259 g/mol. The normalized spacial score (nSPS) is 10.0. The SMILES string of the molecule is Cn1ccnc1SCCNc1ncccc1C#N. The molecule has 2 aromatic heterocycles. The van der Waals surface area contributed by atoms with Gasteiger partial charge in [-0.05, 0) is 12.1 Å². The number of nitrogens with one attached hydrogen (secondary N) is 1. The van der Waals surface area contributed by atoms with Crippen molar-refractivity contribution < 1.29 is 0 Å². The molecule has 2 rings (SSSR count). The topological polar surface area (TPSA) is 66.5 Å². The van der Waals surface area contributed by atoms with Crippen molar-refractivity contribution in [1.29, 1.82) is 5.26 Å². The number of hydrogen-bond donors (Lipinski definition) is 1. The third kappa shape index (κ3) is 3.02. The third-order valence-corrected chi connectivity index (χ3v) is 3.39. The fourth-order valence-electron chi connectivity index (χ4n) is 1.44. The Bertz CT molecular complexity index is 558. The molecule has 0 fully saturated rings. The summed E-state index contributed by atoms with van der Waals surface area (Å²) in [6, 6.07) is 5.62. The molecule has 0 radical (unpaired) electrons. The molecule has 0 aliphatic rings. The van der Waals surface area contributed by atoms with E-state index in [1.807, 2.05) is 17.8 Å². The minimum absolute atomic E-state index is 0.569. The molecule has 0 amide bonds. The van der Waals surface area contributed by atoms with Gasteiger partial charge in [-0.15, -0.1) is 0 Å². The molecular weight excluding hydrogens is 246 g/mol. The van der Waals surface area contributed by atoms with Crippen molar-refractivity contribution in [3.05, 3.63) is 36.3 Å². The lowest BCUT2D eigenvalue weighted by Gasteiger charge is -2.06. The molecule has 0 aromatic carbocycles.